The first-order valence-corrected chi connectivity index (χ1v) is 7.01. The summed E-state index contributed by atoms with van der Waals surface area (Å²) in [6, 6.07) is 6.19. The van der Waals surface area contributed by atoms with Crippen LogP contribution in [0.5, 0.6) is 0 Å². The maximum atomic E-state index is 10.9. The molecular formula is C14H8Cl4O2. The fourth-order valence-electron chi connectivity index (χ4n) is 1.89. The van der Waals surface area contributed by atoms with E-state index < -0.39 is 5.97 Å². The van der Waals surface area contributed by atoms with Crippen molar-refractivity contribution >= 4 is 52.4 Å². The molecule has 0 aliphatic rings. The average Bonchev–Trinajstić information content (AvgIpc) is 2.37. The first-order valence-electron chi connectivity index (χ1n) is 5.50. The Bertz CT molecular complexity index is 711. The minimum Gasteiger partial charge on any atom is -0.478 e. The van der Waals surface area contributed by atoms with Gasteiger partial charge in [0, 0.05) is 5.56 Å². The van der Waals surface area contributed by atoms with Gasteiger partial charge < -0.3 is 5.11 Å². The molecule has 0 bridgehead atoms. The van der Waals surface area contributed by atoms with E-state index >= 15 is 0 Å². The van der Waals surface area contributed by atoms with Gasteiger partial charge in [-0.1, -0.05) is 52.5 Å². The minimum atomic E-state index is -0.994. The van der Waals surface area contributed by atoms with E-state index in [0.717, 1.165) is 5.56 Å². The van der Waals surface area contributed by atoms with Gasteiger partial charge in [0.1, 0.15) is 0 Å². The van der Waals surface area contributed by atoms with Crippen LogP contribution in [0.15, 0.2) is 24.3 Å². The molecule has 0 unspecified atom stereocenters. The second-order valence-electron chi connectivity index (χ2n) is 4.18. The molecule has 0 aromatic heterocycles. The zero-order chi connectivity index (χ0) is 15.0. The highest BCUT2D eigenvalue weighted by molar-refractivity contribution is 6.51. The summed E-state index contributed by atoms with van der Waals surface area (Å²) < 4.78 is 0. The lowest BCUT2D eigenvalue weighted by molar-refractivity contribution is 0.0697. The summed E-state index contributed by atoms with van der Waals surface area (Å²) in [6.07, 6.45) is 0. The molecule has 0 atom stereocenters. The third kappa shape index (κ3) is 2.75. The van der Waals surface area contributed by atoms with Crippen LogP contribution >= 0.6 is 46.4 Å². The Labute approximate surface area is 135 Å². The molecule has 0 saturated carbocycles. The lowest BCUT2D eigenvalue weighted by Crippen LogP contribution is -1.97. The number of carboxylic acids is 1. The van der Waals surface area contributed by atoms with E-state index in [4.69, 9.17) is 51.5 Å². The Balaban J connectivity index is 2.69. The Morgan fingerprint density at radius 3 is 2.20 bits per heavy atom. The largest absolute Gasteiger partial charge is 0.478 e. The summed E-state index contributed by atoms with van der Waals surface area (Å²) in [7, 11) is 0. The van der Waals surface area contributed by atoms with Crippen LogP contribution in [0.25, 0.3) is 11.1 Å². The van der Waals surface area contributed by atoms with Crippen molar-refractivity contribution in [3.8, 4) is 11.1 Å². The first kappa shape index (κ1) is 15.5. The van der Waals surface area contributed by atoms with Gasteiger partial charge in [-0.15, -0.1) is 0 Å². The second-order valence-corrected chi connectivity index (χ2v) is 5.75. The summed E-state index contributed by atoms with van der Waals surface area (Å²) >= 11 is 24.3. The van der Waals surface area contributed by atoms with Gasteiger partial charge in [0.15, 0.2) is 0 Å². The van der Waals surface area contributed by atoms with Crippen LogP contribution in [0.3, 0.4) is 0 Å². The number of halogens is 4. The molecule has 2 aromatic rings. The second kappa shape index (κ2) is 5.82. The van der Waals surface area contributed by atoms with E-state index in [1.165, 1.54) is 12.1 Å². The summed E-state index contributed by atoms with van der Waals surface area (Å²) in [5.74, 6) is -0.994. The quantitative estimate of drug-likeness (QED) is 0.535. The standard InChI is InChI=1S/C14H8Cl4O2/c1-6-4-7(14(19)20)2-3-8(6)11-9(15)5-10(16)12(17)13(11)18/h2-5H,1H3,(H,19,20). The molecule has 20 heavy (non-hydrogen) atoms. The summed E-state index contributed by atoms with van der Waals surface area (Å²) in [6.45, 7) is 1.77. The van der Waals surface area contributed by atoms with Crippen molar-refractivity contribution in [2.75, 3.05) is 0 Å². The highest BCUT2D eigenvalue weighted by Crippen LogP contribution is 2.43. The highest BCUT2D eigenvalue weighted by Gasteiger charge is 2.17. The van der Waals surface area contributed by atoms with Crippen molar-refractivity contribution in [1.29, 1.82) is 0 Å². The molecule has 0 aliphatic heterocycles. The van der Waals surface area contributed by atoms with E-state index in [1.807, 2.05) is 0 Å². The molecule has 6 heteroatoms. The van der Waals surface area contributed by atoms with Crippen molar-refractivity contribution in [1.82, 2.24) is 0 Å². The van der Waals surface area contributed by atoms with Gasteiger partial charge in [0.05, 0.1) is 25.7 Å². The van der Waals surface area contributed by atoms with E-state index in [1.54, 1.807) is 19.1 Å². The number of carbonyl (C=O) groups is 1. The normalized spacial score (nSPS) is 10.7. The predicted molar refractivity (Wildman–Crippen MR) is 83.6 cm³/mol. The molecule has 0 heterocycles. The van der Waals surface area contributed by atoms with Gasteiger partial charge in [-0.25, -0.2) is 4.79 Å². The molecule has 104 valence electrons. The topological polar surface area (TPSA) is 37.3 Å². The van der Waals surface area contributed by atoms with Crippen molar-refractivity contribution in [3.05, 3.63) is 55.5 Å². The van der Waals surface area contributed by atoms with Crippen molar-refractivity contribution < 1.29 is 9.90 Å². The number of hydrogen-bond acceptors (Lipinski definition) is 1. The maximum absolute atomic E-state index is 10.9. The zero-order valence-corrected chi connectivity index (χ0v) is 13.2. The van der Waals surface area contributed by atoms with Gasteiger partial charge >= 0.3 is 5.97 Å². The molecule has 2 aromatic carbocycles. The fraction of sp³-hybridized carbons (Fsp3) is 0.0714. The molecule has 0 spiro atoms. The highest BCUT2D eigenvalue weighted by atomic mass is 35.5. The molecular weight excluding hydrogens is 342 g/mol. The predicted octanol–water partition coefficient (Wildman–Crippen LogP) is 5.97. The lowest BCUT2D eigenvalue weighted by atomic mass is 9.98. The molecule has 0 fully saturated rings. The van der Waals surface area contributed by atoms with E-state index in [2.05, 4.69) is 0 Å². The summed E-state index contributed by atoms with van der Waals surface area (Å²) in [5.41, 5.74) is 2.17. The Morgan fingerprint density at radius 2 is 1.65 bits per heavy atom. The van der Waals surface area contributed by atoms with Crippen LogP contribution in [0.1, 0.15) is 15.9 Å². The Morgan fingerprint density at radius 1 is 1.00 bits per heavy atom. The van der Waals surface area contributed by atoms with Crippen LogP contribution in [0.4, 0.5) is 0 Å². The summed E-state index contributed by atoms with van der Waals surface area (Å²) in [5, 5.41) is 10.1. The van der Waals surface area contributed by atoms with Gasteiger partial charge in [-0.3, -0.25) is 0 Å². The number of hydrogen-bond donors (Lipinski definition) is 1. The number of aromatic carboxylic acids is 1. The Kier molecular flexibility index (Phi) is 4.50. The first-order chi connectivity index (χ1) is 9.32. The van der Waals surface area contributed by atoms with Gasteiger partial charge in [-0.2, -0.15) is 0 Å². The molecule has 1 N–H and O–H groups in total. The number of carboxylic acid groups (broad SMARTS) is 1. The number of aryl methyl sites for hydroxylation is 1. The molecule has 0 amide bonds. The van der Waals surface area contributed by atoms with Crippen LogP contribution < -0.4 is 0 Å². The summed E-state index contributed by atoms with van der Waals surface area (Å²) in [4.78, 5) is 10.9. The molecule has 0 radical (unpaired) electrons. The van der Waals surface area contributed by atoms with Crippen molar-refractivity contribution in [2.45, 2.75) is 6.92 Å². The molecule has 2 nitrogen and oxygen atoms in total. The van der Waals surface area contributed by atoms with Crippen LogP contribution in [-0.2, 0) is 0 Å². The average molecular weight is 350 g/mol. The molecule has 2 rings (SSSR count). The minimum absolute atomic E-state index is 0.193. The zero-order valence-electron chi connectivity index (χ0n) is 10.2. The van der Waals surface area contributed by atoms with Crippen LogP contribution in [-0.4, -0.2) is 11.1 Å². The van der Waals surface area contributed by atoms with Crippen LogP contribution in [0.2, 0.25) is 20.1 Å². The smallest absolute Gasteiger partial charge is 0.335 e. The van der Waals surface area contributed by atoms with E-state index in [9.17, 15) is 4.79 Å². The van der Waals surface area contributed by atoms with Crippen molar-refractivity contribution in [3.63, 3.8) is 0 Å². The maximum Gasteiger partial charge on any atom is 0.335 e. The van der Waals surface area contributed by atoms with E-state index in [0.29, 0.717) is 16.1 Å². The van der Waals surface area contributed by atoms with Crippen LogP contribution in [0, 0.1) is 6.92 Å². The van der Waals surface area contributed by atoms with Gasteiger partial charge in [0.25, 0.3) is 0 Å². The van der Waals surface area contributed by atoms with Crippen molar-refractivity contribution in [2.24, 2.45) is 0 Å². The number of benzene rings is 2. The third-order valence-corrected chi connectivity index (χ3v) is 4.42. The third-order valence-electron chi connectivity index (χ3n) is 2.86. The fourth-order valence-corrected chi connectivity index (χ4v) is 3.01. The van der Waals surface area contributed by atoms with E-state index in [-0.39, 0.29) is 20.6 Å². The molecule has 0 aliphatic carbocycles. The monoisotopic (exact) mass is 348 g/mol. The van der Waals surface area contributed by atoms with Gasteiger partial charge in [-0.05, 0) is 36.2 Å². The number of rotatable bonds is 2. The lowest BCUT2D eigenvalue weighted by Gasteiger charge is -2.13. The van der Waals surface area contributed by atoms with Gasteiger partial charge in [0.2, 0.25) is 0 Å². The SMILES string of the molecule is Cc1cc(C(=O)O)ccc1-c1c(Cl)cc(Cl)c(Cl)c1Cl. The Hall–Kier alpha value is -0.930. The molecule has 0 saturated heterocycles.